The van der Waals surface area contributed by atoms with Crippen LogP contribution in [-0.2, 0) is 4.74 Å². The second kappa shape index (κ2) is 3.53. The van der Waals surface area contributed by atoms with E-state index in [2.05, 4.69) is 5.11 Å². The van der Waals surface area contributed by atoms with Gasteiger partial charge in [-0.15, -0.1) is 0 Å². The molecular formula is C9H10N2O2. The molecule has 0 saturated carbocycles. The van der Waals surface area contributed by atoms with E-state index in [4.69, 9.17) is 15.0 Å². The lowest BCUT2D eigenvalue weighted by molar-refractivity contribution is 0.263. The second-order valence-corrected chi connectivity index (χ2v) is 2.87. The molecule has 0 radical (unpaired) electrons. The summed E-state index contributed by atoms with van der Waals surface area (Å²) in [6, 6.07) is 7.09. The van der Waals surface area contributed by atoms with Crippen molar-refractivity contribution in [2.75, 3.05) is 13.2 Å². The van der Waals surface area contributed by atoms with E-state index in [0.717, 1.165) is 12.4 Å². The highest BCUT2D eigenvalue weighted by atomic mass is 16.6. The number of nitrogens with one attached hydrogen (secondary N) is 1. The molecule has 68 valence electrons. The van der Waals surface area contributed by atoms with E-state index >= 15 is 0 Å². The van der Waals surface area contributed by atoms with E-state index in [9.17, 15) is 0 Å². The van der Waals surface area contributed by atoms with Crippen LogP contribution in [0.3, 0.4) is 0 Å². The third-order valence-electron chi connectivity index (χ3n) is 1.80. The van der Waals surface area contributed by atoms with Crippen molar-refractivity contribution in [3.05, 3.63) is 24.3 Å². The van der Waals surface area contributed by atoms with Gasteiger partial charge in [0, 0.05) is 0 Å². The summed E-state index contributed by atoms with van der Waals surface area (Å²) in [5.74, 6) is 0.794. The van der Waals surface area contributed by atoms with Gasteiger partial charge in [0.1, 0.15) is 18.5 Å². The van der Waals surface area contributed by atoms with E-state index in [-0.39, 0.29) is 6.10 Å². The normalized spacial score (nSPS) is 19.5. The molecule has 1 unspecified atom stereocenters. The Labute approximate surface area is 76.0 Å². The topological polar surface area (TPSA) is 58.0 Å². The van der Waals surface area contributed by atoms with Crippen LogP contribution in [-0.4, -0.2) is 19.3 Å². The van der Waals surface area contributed by atoms with Crippen LogP contribution in [0.1, 0.15) is 0 Å². The third kappa shape index (κ3) is 2.26. The van der Waals surface area contributed by atoms with Crippen molar-refractivity contribution in [2.24, 2.45) is 5.11 Å². The Balaban J connectivity index is 1.91. The van der Waals surface area contributed by atoms with Gasteiger partial charge in [-0.05, 0) is 24.3 Å². The minimum atomic E-state index is 0.278. The van der Waals surface area contributed by atoms with Gasteiger partial charge >= 0.3 is 0 Å². The van der Waals surface area contributed by atoms with Crippen LogP contribution in [0.25, 0.3) is 0 Å². The van der Waals surface area contributed by atoms with Crippen LogP contribution in [0, 0.1) is 5.53 Å². The number of nitrogens with zero attached hydrogens (tertiary/aromatic N) is 1. The minimum Gasteiger partial charge on any atom is -0.491 e. The fourth-order valence-corrected chi connectivity index (χ4v) is 0.970. The molecule has 13 heavy (non-hydrogen) atoms. The van der Waals surface area contributed by atoms with E-state index < -0.39 is 0 Å². The van der Waals surface area contributed by atoms with Crippen LogP contribution in [0.2, 0.25) is 0 Å². The molecule has 0 amide bonds. The minimum absolute atomic E-state index is 0.278. The van der Waals surface area contributed by atoms with Crippen molar-refractivity contribution in [1.29, 1.82) is 5.53 Å². The van der Waals surface area contributed by atoms with Crippen molar-refractivity contribution in [3.63, 3.8) is 0 Å². The largest absolute Gasteiger partial charge is 0.491 e. The number of rotatable bonds is 4. The summed E-state index contributed by atoms with van der Waals surface area (Å²) in [5, 5.41) is 3.29. The Morgan fingerprint density at radius 2 is 2.15 bits per heavy atom. The van der Waals surface area contributed by atoms with E-state index in [1.165, 1.54) is 0 Å². The van der Waals surface area contributed by atoms with Crippen molar-refractivity contribution in [2.45, 2.75) is 6.10 Å². The number of ether oxygens (including phenoxy) is 2. The summed E-state index contributed by atoms with van der Waals surface area (Å²) in [4.78, 5) is 0. The standard InChI is InChI=1S/C9H10N2O2/c10-11-7-1-3-8(4-2-7)12-5-9-6-13-9/h1-4,9-10H,5-6H2. The fraction of sp³-hybridized carbons (Fsp3) is 0.333. The Hall–Kier alpha value is -1.42. The Kier molecular flexibility index (Phi) is 2.23. The zero-order valence-corrected chi connectivity index (χ0v) is 7.06. The first-order valence-corrected chi connectivity index (χ1v) is 4.10. The number of hydrogen-bond acceptors (Lipinski definition) is 4. The number of hydrogen-bond donors (Lipinski definition) is 1. The summed E-state index contributed by atoms with van der Waals surface area (Å²) in [7, 11) is 0. The zero-order valence-electron chi connectivity index (χ0n) is 7.06. The molecule has 1 saturated heterocycles. The highest BCUT2D eigenvalue weighted by Crippen LogP contribution is 2.19. The highest BCUT2D eigenvalue weighted by Gasteiger charge is 2.22. The Morgan fingerprint density at radius 3 is 2.69 bits per heavy atom. The van der Waals surface area contributed by atoms with Crippen molar-refractivity contribution in [1.82, 2.24) is 0 Å². The molecule has 1 aliphatic heterocycles. The lowest BCUT2D eigenvalue weighted by Gasteiger charge is -2.02. The Bertz CT molecular complexity index is 293. The van der Waals surface area contributed by atoms with Gasteiger partial charge in [0.2, 0.25) is 0 Å². The number of epoxide rings is 1. The Morgan fingerprint density at radius 1 is 1.46 bits per heavy atom. The van der Waals surface area contributed by atoms with Crippen LogP contribution >= 0.6 is 0 Å². The van der Waals surface area contributed by atoms with Gasteiger partial charge in [-0.2, -0.15) is 5.11 Å². The van der Waals surface area contributed by atoms with Crippen LogP contribution in [0.4, 0.5) is 5.69 Å². The molecule has 4 heteroatoms. The van der Waals surface area contributed by atoms with Gasteiger partial charge in [-0.3, -0.25) is 0 Å². The van der Waals surface area contributed by atoms with Gasteiger partial charge in [-0.1, -0.05) is 0 Å². The molecule has 0 aromatic heterocycles. The lowest BCUT2D eigenvalue weighted by Crippen LogP contribution is -2.03. The molecule has 0 aliphatic carbocycles. The molecule has 1 aliphatic rings. The molecule has 1 atom stereocenters. The second-order valence-electron chi connectivity index (χ2n) is 2.87. The lowest BCUT2D eigenvalue weighted by atomic mass is 10.3. The summed E-state index contributed by atoms with van der Waals surface area (Å²) >= 11 is 0. The van der Waals surface area contributed by atoms with E-state index in [1.54, 1.807) is 24.3 Å². The molecular weight excluding hydrogens is 168 g/mol. The third-order valence-corrected chi connectivity index (χ3v) is 1.80. The van der Waals surface area contributed by atoms with Crippen molar-refractivity contribution in [3.8, 4) is 5.75 Å². The molecule has 1 N–H and O–H groups in total. The molecule has 0 spiro atoms. The molecule has 1 heterocycles. The first kappa shape index (κ1) is 8.19. The maximum Gasteiger partial charge on any atom is 0.119 e. The molecule has 1 fully saturated rings. The molecule has 1 aromatic rings. The summed E-state index contributed by atoms with van der Waals surface area (Å²) < 4.78 is 10.4. The van der Waals surface area contributed by atoms with Gasteiger partial charge in [-0.25, -0.2) is 5.53 Å². The molecule has 1 aromatic carbocycles. The molecule has 4 nitrogen and oxygen atoms in total. The smallest absolute Gasteiger partial charge is 0.119 e. The van der Waals surface area contributed by atoms with Crippen LogP contribution in [0.5, 0.6) is 5.75 Å². The SMILES string of the molecule is N=Nc1ccc(OCC2CO2)cc1. The molecule has 2 rings (SSSR count). The average Bonchev–Trinajstić information content (AvgIpc) is 2.99. The maximum atomic E-state index is 6.76. The zero-order chi connectivity index (χ0) is 9.10. The van der Waals surface area contributed by atoms with Crippen LogP contribution < -0.4 is 4.74 Å². The highest BCUT2D eigenvalue weighted by molar-refractivity contribution is 5.40. The first-order chi connectivity index (χ1) is 6.38. The fourth-order valence-electron chi connectivity index (χ4n) is 0.970. The van der Waals surface area contributed by atoms with Crippen LogP contribution in [0.15, 0.2) is 29.4 Å². The van der Waals surface area contributed by atoms with E-state index in [0.29, 0.717) is 12.3 Å². The van der Waals surface area contributed by atoms with E-state index in [1.807, 2.05) is 0 Å². The first-order valence-electron chi connectivity index (χ1n) is 4.10. The monoisotopic (exact) mass is 178 g/mol. The molecule has 0 bridgehead atoms. The average molecular weight is 178 g/mol. The van der Waals surface area contributed by atoms with Gasteiger partial charge in [0.05, 0.1) is 12.3 Å². The summed E-state index contributed by atoms with van der Waals surface area (Å²) in [5.41, 5.74) is 7.39. The maximum absolute atomic E-state index is 6.76. The number of benzene rings is 1. The summed E-state index contributed by atoms with van der Waals surface area (Å²) in [6.45, 7) is 1.41. The van der Waals surface area contributed by atoms with Crippen molar-refractivity contribution < 1.29 is 9.47 Å². The van der Waals surface area contributed by atoms with Gasteiger partial charge < -0.3 is 9.47 Å². The van der Waals surface area contributed by atoms with Crippen molar-refractivity contribution >= 4 is 5.69 Å². The predicted molar refractivity (Wildman–Crippen MR) is 46.5 cm³/mol. The van der Waals surface area contributed by atoms with Gasteiger partial charge in [0.15, 0.2) is 0 Å². The summed E-state index contributed by atoms with van der Waals surface area (Å²) in [6.07, 6.45) is 0.278. The predicted octanol–water partition coefficient (Wildman–Crippen LogP) is 2.13. The van der Waals surface area contributed by atoms with Gasteiger partial charge in [0.25, 0.3) is 0 Å². The quantitative estimate of drug-likeness (QED) is 0.567.